The van der Waals surface area contributed by atoms with Gasteiger partial charge in [0.2, 0.25) is 5.91 Å². The van der Waals surface area contributed by atoms with Gasteiger partial charge < -0.3 is 10.5 Å². The molecular formula is C13H17NO2. The number of amides is 1. The van der Waals surface area contributed by atoms with Crippen LogP contribution in [0.15, 0.2) is 43.0 Å². The Morgan fingerprint density at radius 2 is 2.12 bits per heavy atom. The third-order valence-electron chi connectivity index (χ3n) is 2.19. The zero-order valence-corrected chi connectivity index (χ0v) is 9.26. The Hall–Kier alpha value is -1.61. The van der Waals surface area contributed by atoms with Gasteiger partial charge in [-0.3, -0.25) is 4.79 Å². The molecule has 0 fully saturated rings. The third-order valence-corrected chi connectivity index (χ3v) is 2.19. The Labute approximate surface area is 95.9 Å². The molecule has 3 heteroatoms. The quantitative estimate of drug-likeness (QED) is 0.713. The van der Waals surface area contributed by atoms with Crippen molar-refractivity contribution in [1.82, 2.24) is 0 Å². The van der Waals surface area contributed by atoms with Gasteiger partial charge in [-0.2, -0.15) is 0 Å². The largest absolute Gasteiger partial charge is 0.373 e. The van der Waals surface area contributed by atoms with Gasteiger partial charge in [0, 0.05) is 0 Å². The van der Waals surface area contributed by atoms with E-state index >= 15 is 0 Å². The molecule has 1 aromatic carbocycles. The van der Waals surface area contributed by atoms with Crippen LogP contribution in [0.25, 0.3) is 0 Å². The molecule has 1 atom stereocenters. The normalized spacial score (nSPS) is 12.0. The molecule has 0 aliphatic heterocycles. The van der Waals surface area contributed by atoms with Crippen LogP contribution >= 0.6 is 0 Å². The first kappa shape index (κ1) is 12.5. The maximum atomic E-state index is 10.8. The maximum Gasteiger partial charge on any atom is 0.220 e. The summed E-state index contributed by atoms with van der Waals surface area (Å²) in [6.45, 7) is 4.12. The van der Waals surface area contributed by atoms with Crippen molar-refractivity contribution in [3.05, 3.63) is 48.6 Å². The van der Waals surface area contributed by atoms with Gasteiger partial charge in [0.05, 0.1) is 19.1 Å². The molecule has 3 nitrogen and oxygen atoms in total. The molecule has 0 aromatic heterocycles. The lowest BCUT2D eigenvalue weighted by atomic mass is 10.1. The Morgan fingerprint density at radius 3 is 2.69 bits per heavy atom. The Kier molecular flexibility index (Phi) is 5.29. The Balaban J connectivity index is 2.43. The smallest absolute Gasteiger partial charge is 0.220 e. The first-order valence-electron chi connectivity index (χ1n) is 5.27. The lowest BCUT2D eigenvalue weighted by molar-refractivity contribution is -0.121. The van der Waals surface area contributed by atoms with Crippen LogP contribution in [0, 0.1) is 0 Å². The van der Waals surface area contributed by atoms with Gasteiger partial charge in [0.15, 0.2) is 0 Å². The van der Waals surface area contributed by atoms with E-state index in [0.29, 0.717) is 13.0 Å². The van der Waals surface area contributed by atoms with Crippen molar-refractivity contribution >= 4 is 5.91 Å². The van der Waals surface area contributed by atoms with Crippen LogP contribution in [0.1, 0.15) is 18.4 Å². The molecule has 0 aliphatic carbocycles. The van der Waals surface area contributed by atoms with E-state index in [1.165, 1.54) is 0 Å². The van der Waals surface area contributed by atoms with Gasteiger partial charge in [0.25, 0.3) is 0 Å². The molecular weight excluding hydrogens is 202 g/mol. The van der Waals surface area contributed by atoms with Crippen LogP contribution in [0.2, 0.25) is 0 Å². The minimum atomic E-state index is -0.347. The number of hydrogen-bond donors (Lipinski definition) is 1. The van der Waals surface area contributed by atoms with E-state index < -0.39 is 0 Å². The first-order valence-corrected chi connectivity index (χ1v) is 5.27. The Morgan fingerprint density at radius 1 is 1.44 bits per heavy atom. The van der Waals surface area contributed by atoms with Crippen LogP contribution in [0.3, 0.4) is 0 Å². The number of carbonyl (C=O) groups excluding carboxylic acids is 1. The molecule has 1 aromatic rings. The molecule has 1 amide bonds. The summed E-state index contributed by atoms with van der Waals surface area (Å²) in [5.41, 5.74) is 6.22. The van der Waals surface area contributed by atoms with Gasteiger partial charge in [-0.15, -0.1) is 6.58 Å². The highest BCUT2D eigenvalue weighted by molar-refractivity contribution is 5.74. The predicted octanol–water partition coefficient (Wildman–Crippen LogP) is 2.02. The Bertz CT molecular complexity index is 335. The van der Waals surface area contributed by atoms with Crippen molar-refractivity contribution in [1.29, 1.82) is 0 Å². The molecule has 1 rings (SSSR count). The molecule has 0 aliphatic rings. The van der Waals surface area contributed by atoms with Crippen LogP contribution in [-0.2, 0) is 16.1 Å². The fourth-order valence-corrected chi connectivity index (χ4v) is 1.41. The van der Waals surface area contributed by atoms with Crippen molar-refractivity contribution in [2.45, 2.75) is 25.6 Å². The van der Waals surface area contributed by atoms with E-state index in [0.717, 1.165) is 5.56 Å². The molecule has 0 spiro atoms. The number of rotatable bonds is 7. The minimum Gasteiger partial charge on any atom is -0.373 e. The van der Waals surface area contributed by atoms with E-state index in [9.17, 15) is 4.79 Å². The minimum absolute atomic E-state index is 0.171. The summed E-state index contributed by atoms with van der Waals surface area (Å²) in [6, 6.07) is 9.82. The second-order valence-corrected chi connectivity index (χ2v) is 3.61. The first-order chi connectivity index (χ1) is 7.72. The number of nitrogens with two attached hydrogens (primary N) is 1. The van der Waals surface area contributed by atoms with Crippen molar-refractivity contribution in [2.75, 3.05) is 0 Å². The number of carbonyl (C=O) groups is 1. The lowest BCUT2D eigenvalue weighted by Crippen LogP contribution is -2.22. The number of benzene rings is 1. The van der Waals surface area contributed by atoms with Gasteiger partial charge in [-0.1, -0.05) is 36.4 Å². The monoisotopic (exact) mass is 219 g/mol. The second kappa shape index (κ2) is 6.80. The van der Waals surface area contributed by atoms with Crippen LogP contribution in [0.5, 0.6) is 0 Å². The summed E-state index contributed by atoms with van der Waals surface area (Å²) in [7, 11) is 0. The summed E-state index contributed by atoms with van der Waals surface area (Å²) in [6.07, 6.45) is 2.43. The van der Waals surface area contributed by atoms with E-state index in [1.807, 2.05) is 30.3 Å². The summed E-state index contributed by atoms with van der Waals surface area (Å²) >= 11 is 0. The highest BCUT2D eigenvalue weighted by Crippen LogP contribution is 2.09. The number of ether oxygens (including phenoxy) is 1. The van der Waals surface area contributed by atoms with Gasteiger partial charge in [-0.05, 0) is 12.0 Å². The van der Waals surface area contributed by atoms with E-state index in [2.05, 4.69) is 6.58 Å². The van der Waals surface area contributed by atoms with Crippen molar-refractivity contribution in [2.24, 2.45) is 5.73 Å². The van der Waals surface area contributed by atoms with E-state index in [-0.39, 0.29) is 18.4 Å². The molecule has 2 N–H and O–H groups in total. The van der Waals surface area contributed by atoms with Crippen molar-refractivity contribution in [3.63, 3.8) is 0 Å². The molecule has 86 valence electrons. The SMILES string of the molecule is C=CCC(CC(N)=O)OCc1ccccc1. The van der Waals surface area contributed by atoms with Crippen LogP contribution in [0.4, 0.5) is 0 Å². The number of hydrogen-bond acceptors (Lipinski definition) is 2. The van der Waals surface area contributed by atoms with Crippen molar-refractivity contribution < 1.29 is 9.53 Å². The topological polar surface area (TPSA) is 52.3 Å². The highest BCUT2D eigenvalue weighted by Gasteiger charge is 2.10. The fraction of sp³-hybridized carbons (Fsp3) is 0.308. The van der Waals surface area contributed by atoms with E-state index in [1.54, 1.807) is 6.08 Å². The molecule has 1 unspecified atom stereocenters. The van der Waals surface area contributed by atoms with E-state index in [4.69, 9.17) is 10.5 Å². The molecule has 16 heavy (non-hydrogen) atoms. The summed E-state index contributed by atoms with van der Waals surface area (Å²) in [5.74, 6) is -0.347. The molecule has 0 heterocycles. The third kappa shape index (κ3) is 4.75. The molecule has 0 saturated carbocycles. The van der Waals surface area contributed by atoms with Crippen LogP contribution in [-0.4, -0.2) is 12.0 Å². The molecule has 0 bridgehead atoms. The number of primary amides is 1. The van der Waals surface area contributed by atoms with Crippen LogP contribution < -0.4 is 5.73 Å². The lowest BCUT2D eigenvalue weighted by Gasteiger charge is -2.14. The van der Waals surface area contributed by atoms with Crippen molar-refractivity contribution in [3.8, 4) is 0 Å². The molecule has 0 radical (unpaired) electrons. The highest BCUT2D eigenvalue weighted by atomic mass is 16.5. The summed E-state index contributed by atoms with van der Waals surface area (Å²) < 4.78 is 5.61. The zero-order chi connectivity index (χ0) is 11.8. The average Bonchev–Trinajstić information content (AvgIpc) is 2.27. The van der Waals surface area contributed by atoms with Gasteiger partial charge in [-0.25, -0.2) is 0 Å². The summed E-state index contributed by atoms with van der Waals surface area (Å²) in [4.78, 5) is 10.8. The standard InChI is InChI=1S/C13H17NO2/c1-2-6-12(9-13(14)15)16-10-11-7-4-3-5-8-11/h2-5,7-8,12H,1,6,9-10H2,(H2,14,15). The van der Waals surface area contributed by atoms with Gasteiger partial charge in [0.1, 0.15) is 0 Å². The zero-order valence-electron chi connectivity index (χ0n) is 9.26. The summed E-state index contributed by atoms with van der Waals surface area (Å²) in [5, 5.41) is 0. The maximum absolute atomic E-state index is 10.8. The fourth-order valence-electron chi connectivity index (χ4n) is 1.41. The predicted molar refractivity (Wildman–Crippen MR) is 63.6 cm³/mol. The average molecular weight is 219 g/mol. The molecule has 0 saturated heterocycles. The second-order valence-electron chi connectivity index (χ2n) is 3.61. The van der Waals surface area contributed by atoms with Gasteiger partial charge >= 0.3 is 0 Å².